The predicted molar refractivity (Wildman–Crippen MR) is 110 cm³/mol. The van der Waals surface area contributed by atoms with E-state index in [2.05, 4.69) is 0 Å². The normalized spacial score (nSPS) is 38.1. The third-order valence-electron chi connectivity index (χ3n) is 5.47. The number of carbonyl (C=O) groups is 3. The van der Waals surface area contributed by atoms with Gasteiger partial charge in [0, 0.05) is 42.1 Å². The summed E-state index contributed by atoms with van der Waals surface area (Å²) in [6.45, 7) is 4.62. The Morgan fingerprint density at radius 1 is 0.676 bits per heavy atom. The zero-order valence-corrected chi connectivity index (χ0v) is 20.3. The number of rotatable bonds is 9. The quantitative estimate of drug-likeness (QED) is 0.318. The van der Waals surface area contributed by atoms with Crippen molar-refractivity contribution in [2.24, 2.45) is 0 Å². The fourth-order valence-electron chi connectivity index (χ4n) is 4.13. The van der Waals surface area contributed by atoms with Crippen molar-refractivity contribution in [1.82, 2.24) is 0 Å². The Balaban J connectivity index is 2.42. The SMILES string of the molecule is CO[C@H]1O[C@H](CO)[C@@H](O[C@H]2O[C@@H](C)[C@H](OC(C)=O)[C@H](OC(C)=O)[C@@H]2OC(C)=O)[C@H](OC)[C@H]1OC. The van der Waals surface area contributed by atoms with Crippen LogP contribution in [0.3, 0.4) is 0 Å². The van der Waals surface area contributed by atoms with Gasteiger partial charge >= 0.3 is 17.9 Å². The molecule has 0 aliphatic carbocycles. The molecule has 1 N–H and O–H groups in total. The van der Waals surface area contributed by atoms with Crippen molar-refractivity contribution in [3.63, 3.8) is 0 Å². The van der Waals surface area contributed by atoms with E-state index in [9.17, 15) is 19.5 Å². The van der Waals surface area contributed by atoms with Crippen LogP contribution in [0.5, 0.6) is 0 Å². The number of aliphatic hydroxyl groups excluding tert-OH is 1. The molecule has 0 aromatic heterocycles. The molecule has 2 fully saturated rings. The largest absolute Gasteiger partial charge is 0.456 e. The van der Waals surface area contributed by atoms with Crippen molar-refractivity contribution in [2.45, 2.75) is 89.1 Å². The van der Waals surface area contributed by atoms with Gasteiger partial charge in [-0.25, -0.2) is 0 Å². The zero-order chi connectivity index (χ0) is 25.6. The summed E-state index contributed by atoms with van der Waals surface area (Å²) in [5, 5.41) is 9.94. The molecular formula is C21H34O13. The number of esters is 3. The van der Waals surface area contributed by atoms with Crippen LogP contribution in [0.4, 0.5) is 0 Å². The van der Waals surface area contributed by atoms with Crippen LogP contribution < -0.4 is 0 Å². The summed E-state index contributed by atoms with van der Waals surface area (Å²) in [4.78, 5) is 35.4. The molecule has 2 rings (SSSR count). The number of carbonyl (C=O) groups excluding carboxylic acids is 3. The van der Waals surface area contributed by atoms with Crippen LogP contribution >= 0.6 is 0 Å². The summed E-state index contributed by atoms with van der Waals surface area (Å²) < 4.78 is 50.2. The van der Waals surface area contributed by atoms with Gasteiger partial charge in [-0.05, 0) is 6.92 Å². The molecule has 0 amide bonds. The summed E-state index contributed by atoms with van der Waals surface area (Å²) in [6, 6.07) is 0. The minimum absolute atomic E-state index is 0.467. The topological polar surface area (TPSA) is 155 Å². The van der Waals surface area contributed by atoms with Crippen LogP contribution in [0, 0.1) is 0 Å². The average Bonchev–Trinajstić information content (AvgIpc) is 2.77. The first kappa shape index (κ1) is 28.4. The molecule has 10 atom stereocenters. The molecule has 13 heteroatoms. The second kappa shape index (κ2) is 12.7. The second-order valence-electron chi connectivity index (χ2n) is 7.89. The molecule has 0 aromatic carbocycles. The Bertz CT molecular complexity index is 700. The molecule has 0 unspecified atom stereocenters. The monoisotopic (exact) mass is 494 g/mol. The number of methoxy groups -OCH3 is 3. The Morgan fingerprint density at radius 2 is 1.21 bits per heavy atom. The van der Waals surface area contributed by atoms with Crippen LogP contribution in [-0.2, 0) is 57.0 Å². The van der Waals surface area contributed by atoms with Crippen molar-refractivity contribution < 1.29 is 62.1 Å². The van der Waals surface area contributed by atoms with Crippen molar-refractivity contribution in [1.29, 1.82) is 0 Å². The highest BCUT2D eigenvalue weighted by molar-refractivity contribution is 5.68. The van der Waals surface area contributed by atoms with Gasteiger partial charge in [0.2, 0.25) is 0 Å². The van der Waals surface area contributed by atoms with Crippen molar-refractivity contribution in [3.05, 3.63) is 0 Å². The van der Waals surface area contributed by atoms with Crippen LogP contribution in [0.25, 0.3) is 0 Å². The van der Waals surface area contributed by atoms with E-state index in [1.54, 1.807) is 6.92 Å². The molecule has 0 radical (unpaired) electrons. The van der Waals surface area contributed by atoms with E-state index in [1.165, 1.54) is 28.3 Å². The third-order valence-corrected chi connectivity index (χ3v) is 5.47. The maximum atomic E-state index is 11.9. The van der Waals surface area contributed by atoms with Crippen molar-refractivity contribution in [3.8, 4) is 0 Å². The van der Waals surface area contributed by atoms with Gasteiger partial charge in [-0.15, -0.1) is 0 Å². The van der Waals surface area contributed by atoms with Crippen LogP contribution in [0.2, 0.25) is 0 Å². The Kier molecular flexibility index (Phi) is 10.6. The highest BCUT2D eigenvalue weighted by Crippen LogP contribution is 2.34. The summed E-state index contributed by atoms with van der Waals surface area (Å²) >= 11 is 0. The van der Waals surface area contributed by atoms with Gasteiger partial charge in [-0.3, -0.25) is 14.4 Å². The number of hydrogen-bond donors (Lipinski definition) is 1. The van der Waals surface area contributed by atoms with Crippen LogP contribution in [0.15, 0.2) is 0 Å². The summed E-state index contributed by atoms with van der Waals surface area (Å²) in [5.41, 5.74) is 0. The maximum Gasteiger partial charge on any atom is 0.303 e. The van der Waals surface area contributed by atoms with E-state index < -0.39 is 85.9 Å². The molecule has 2 saturated heterocycles. The second-order valence-corrected chi connectivity index (χ2v) is 7.89. The van der Waals surface area contributed by atoms with Gasteiger partial charge in [-0.2, -0.15) is 0 Å². The standard InChI is InChI=1S/C21H34O13/c1-9-14(30-10(2)23)17(31-11(3)24)19(32-12(4)25)21(29-9)34-15-13(8-22)33-20(28-7)18(27-6)16(15)26-5/h9,13-22H,8H2,1-7H3/t9-,13+,14-,15+,16-,17-,18+,19-,20-,21+/m0/s1. The van der Waals surface area contributed by atoms with Crippen molar-refractivity contribution >= 4 is 17.9 Å². The lowest BCUT2D eigenvalue weighted by molar-refractivity contribution is -0.359. The third kappa shape index (κ3) is 6.62. The van der Waals surface area contributed by atoms with E-state index in [0.717, 1.165) is 13.8 Å². The molecule has 0 spiro atoms. The first-order chi connectivity index (χ1) is 16.1. The van der Waals surface area contributed by atoms with Gasteiger partial charge in [0.25, 0.3) is 0 Å². The molecule has 34 heavy (non-hydrogen) atoms. The lowest BCUT2D eigenvalue weighted by Crippen LogP contribution is -2.66. The highest BCUT2D eigenvalue weighted by Gasteiger charge is 2.54. The zero-order valence-electron chi connectivity index (χ0n) is 20.3. The van der Waals surface area contributed by atoms with E-state index >= 15 is 0 Å². The van der Waals surface area contributed by atoms with Crippen LogP contribution in [0.1, 0.15) is 27.7 Å². The average molecular weight is 494 g/mol. The molecule has 2 aliphatic rings. The highest BCUT2D eigenvalue weighted by atomic mass is 16.8. The lowest BCUT2D eigenvalue weighted by atomic mass is 9.96. The van der Waals surface area contributed by atoms with Gasteiger partial charge in [0.1, 0.15) is 24.4 Å². The Hall–Kier alpha value is -1.87. The van der Waals surface area contributed by atoms with Crippen LogP contribution in [-0.4, -0.2) is 112 Å². The van der Waals surface area contributed by atoms with Gasteiger partial charge in [0.15, 0.2) is 30.9 Å². The number of ether oxygens (including phenoxy) is 9. The number of hydrogen-bond acceptors (Lipinski definition) is 13. The Morgan fingerprint density at radius 3 is 1.68 bits per heavy atom. The van der Waals surface area contributed by atoms with E-state index in [0.29, 0.717) is 0 Å². The maximum absolute atomic E-state index is 11.9. The lowest BCUT2D eigenvalue weighted by Gasteiger charge is -2.48. The van der Waals surface area contributed by atoms with Crippen molar-refractivity contribution in [2.75, 3.05) is 27.9 Å². The molecule has 0 bridgehead atoms. The molecule has 0 saturated carbocycles. The molecular weight excluding hydrogens is 460 g/mol. The Labute approximate surface area is 197 Å². The van der Waals surface area contributed by atoms with E-state index in [-0.39, 0.29) is 0 Å². The molecule has 13 nitrogen and oxygen atoms in total. The summed E-state index contributed by atoms with van der Waals surface area (Å²) in [7, 11) is 4.27. The first-order valence-corrected chi connectivity index (χ1v) is 10.7. The number of aliphatic hydroxyl groups is 1. The smallest absolute Gasteiger partial charge is 0.303 e. The minimum atomic E-state index is -1.32. The van der Waals surface area contributed by atoms with Gasteiger partial charge in [0.05, 0.1) is 12.7 Å². The van der Waals surface area contributed by atoms with Gasteiger partial charge in [-0.1, -0.05) is 0 Å². The van der Waals surface area contributed by atoms with E-state index in [4.69, 9.17) is 42.6 Å². The van der Waals surface area contributed by atoms with Gasteiger partial charge < -0.3 is 47.7 Å². The first-order valence-electron chi connectivity index (χ1n) is 10.7. The molecule has 2 heterocycles. The molecule has 196 valence electrons. The molecule has 2 aliphatic heterocycles. The summed E-state index contributed by atoms with van der Waals surface area (Å²) in [5.74, 6) is -2.06. The fraction of sp³-hybridized carbons (Fsp3) is 0.857. The minimum Gasteiger partial charge on any atom is -0.456 e. The van der Waals surface area contributed by atoms with E-state index in [1.807, 2.05) is 0 Å². The summed E-state index contributed by atoms with van der Waals surface area (Å²) in [6.07, 6.45) is -10.1. The molecule has 0 aromatic rings. The fourth-order valence-corrected chi connectivity index (χ4v) is 4.13. The predicted octanol–water partition coefficient (Wildman–Crippen LogP) is -0.695.